The summed E-state index contributed by atoms with van der Waals surface area (Å²) in [5.41, 5.74) is 0.141. The summed E-state index contributed by atoms with van der Waals surface area (Å²) in [5, 5.41) is 9.06. The van der Waals surface area contributed by atoms with Crippen LogP contribution in [0, 0.1) is 0 Å². The maximum atomic E-state index is 11.1. The summed E-state index contributed by atoms with van der Waals surface area (Å²) >= 11 is 0. The second kappa shape index (κ2) is 4.57. The van der Waals surface area contributed by atoms with Crippen LogP contribution in [0.2, 0.25) is 19.6 Å². The first-order valence-electron chi connectivity index (χ1n) is 4.94. The van der Waals surface area contributed by atoms with Gasteiger partial charge in [0.25, 0.3) is 0 Å². The third-order valence-corrected chi connectivity index (χ3v) is 2.67. The fraction of sp³-hybridized carbons (Fsp3) is 0.364. The largest absolute Gasteiger partial charge is 0.544 e. The number of carboxylic acid groups (broad SMARTS) is 1. The second-order valence-corrected chi connectivity index (χ2v) is 8.81. The molecule has 5 heteroatoms. The summed E-state index contributed by atoms with van der Waals surface area (Å²) in [5.74, 6) is -0.0834. The van der Waals surface area contributed by atoms with Crippen LogP contribution in [0.25, 0.3) is 0 Å². The Morgan fingerprint density at radius 3 is 2.38 bits per heavy atom. The molecular weight excluding hydrogens is 224 g/mol. The zero-order valence-corrected chi connectivity index (χ0v) is 10.9. The molecule has 0 radical (unpaired) electrons. The Morgan fingerprint density at radius 1 is 1.31 bits per heavy atom. The number of hydrogen-bond donors (Lipinski definition) is 1. The summed E-state index contributed by atoms with van der Waals surface area (Å²) in [7, 11) is -0.307. The lowest BCUT2D eigenvalue weighted by atomic mass is 10.2. The van der Waals surface area contributed by atoms with E-state index in [1.165, 1.54) is 13.2 Å². The number of rotatable bonds is 4. The smallest absolute Gasteiger partial charge is 0.339 e. The van der Waals surface area contributed by atoms with Crippen LogP contribution in [0.4, 0.5) is 0 Å². The van der Waals surface area contributed by atoms with Crippen LogP contribution >= 0.6 is 0 Å². The van der Waals surface area contributed by atoms with E-state index < -0.39 is 14.3 Å². The van der Waals surface area contributed by atoms with Gasteiger partial charge in [0.2, 0.25) is 8.32 Å². The highest BCUT2D eigenvalue weighted by atomic mass is 28.4. The van der Waals surface area contributed by atoms with Crippen molar-refractivity contribution < 1.29 is 19.1 Å². The minimum absolute atomic E-state index is 0.141. The highest BCUT2D eigenvalue weighted by molar-refractivity contribution is 6.70. The third kappa shape index (κ3) is 3.27. The zero-order valence-electron chi connectivity index (χ0n) is 9.90. The molecule has 88 valence electrons. The molecule has 0 fully saturated rings. The average molecular weight is 240 g/mol. The lowest BCUT2D eigenvalue weighted by Crippen LogP contribution is -2.30. The van der Waals surface area contributed by atoms with Crippen molar-refractivity contribution >= 4 is 14.3 Å². The minimum atomic E-state index is -1.81. The molecule has 0 saturated heterocycles. The zero-order chi connectivity index (χ0) is 12.3. The van der Waals surface area contributed by atoms with E-state index in [-0.39, 0.29) is 5.56 Å². The van der Waals surface area contributed by atoms with Gasteiger partial charge in [0, 0.05) is 0 Å². The lowest BCUT2D eigenvalue weighted by Gasteiger charge is -2.20. The Labute approximate surface area is 95.9 Å². The topological polar surface area (TPSA) is 55.8 Å². The van der Waals surface area contributed by atoms with E-state index in [1.54, 1.807) is 12.1 Å². The van der Waals surface area contributed by atoms with Crippen molar-refractivity contribution in [2.45, 2.75) is 19.6 Å². The van der Waals surface area contributed by atoms with Gasteiger partial charge in [-0.1, -0.05) is 0 Å². The normalized spacial score (nSPS) is 11.0. The highest BCUT2D eigenvalue weighted by Gasteiger charge is 2.20. The Bertz CT molecular complexity index is 395. The molecule has 1 aromatic carbocycles. The number of ether oxygens (including phenoxy) is 1. The lowest BCUT2D eigenvalue weighted by molar-refractivity contribution is 0.0694. The van der Waals surface area contributed by atoms with Crippen LogP contribution < -0.4 is 9.16 Å². The number of carboxylic acids is 1. The average Bonchev–Trinajstić information content (AvgIpc) is 2.15. The Kier molecular flexibility index (Phi) is 3.59. The summed E-state index contributed by atoms with van der Waals surface area (Å²) in [6.45, 7) is 6.01. The van der Waals surface area contributed by atoms with E-state index in [0.717, 1.165) is 0 Å². The number of benzene rings is 1. The number of methoxy groups -OCH3 is 1. The van der Waals surface area contributed by atoms with Gasteiger partial charge < -0.3 is 14.3 Å². The van der Waals surface area contributed by atoms with E-state index in [1.807, 2.05) is 19.6 Å². The third-order valence-electron chi connectivity index (χ3n) is 1.83. The predicted molar refractivity (Wildman–Crippen MR) is 63.9 cm³/mol. The first-order valence-corrected chi connectivity index (χ1v) is 8.34. The van der Waals surface area contributed by atoms with Crippen molar-refractivity contribution in [2.24, 2.45) is 0 Å². The molecule has 0 unspecified atom stereocenters. The van der Waals surface area contributed by atoms with Crippen LogP contribution in [-0.2, 0) is 0 Å². The molecule has 1 rings (SSSR count). The molecule has 1 N–H and O–H groups in total. The van der Waals surface area contributed by atoms with E-state index in [4.69, 9.17) is 14.3 Å². The molecule has 4 nitrogen and oxygen atoms in total. The van der Waals surface area contributed by atoms with Crippen LogP contribution in [-0.4, -0.2) is 26.5 Å². The predicted octanol–water partition coefficient (Wildman–Crippen LogP) is 2.61. The molecule has 0 atom stereocenters. The van der Waals surface area contributed by atoms with E-state index in [9.17, 15) is 4.79 Å². The summed E-state index contributed by atoms with van der Waals surface area (Å²) in [4.78, 5) is 11.1. The molecular formula is C11H16O4Si. The molecule has 0 spiro atoms. The summed E-state index contributed by atoms with van der Waals surface area (Å²) < 4.78 is 10.7. The Balaban J connectivity index is 3.13. The molecule has 0 heterocycles. The molecule has 0 aliphatic rings. The fourth-order valence-corrected chi connectivity index (χ4v) is 2.06. The molecule has 0 aliphatic carbocycles. The van der Waals surface area contributed by atoms with Gasteiger partial charge in [0.1, 0.15) is 17.1 Å². The van der Waals surface area contributed by atoms with Crippen molar-refractivity contribution in [2.75, 3.05) is 7.11 Å². The van der Waals surface area contributed by atoms with Crippen molar-refractivity contribution in [1.29, 1.82) is 0 Å². The van der Waals surface area contributed by atoms with Crippen molar-refractivity contribution in [1.82, 2.24) is 0 Å². The SMILES string of the molecule is COc1ccc(O[Si](C)(C)C)c(C(=O)O)c1. The van der Waals surface area contributed by atoms with Crippen molar-refractivity contribution in [3.05, 3.63) is 23.8 Å². The number of hydrogen-bond acceptors (Lipinski definition) is 3. The van der Waals surface area contributed by atoms with Gasteiger partial charge in [-0.2, -0.15) is 0 Å². The molecule has 0 saturated carbocycles. The number of carbonyl (C=O) groups is 1. The molecule has 1 aromatic rings. The Hall–Kier alpha value is -1.49. The van der Waals surface area contributed by atoms with E-state index in [0.29, 0.717) is 11.5 Å². The van der Waals surface area contributed by atoms with Gasteiger partial charge in [0.05, 0.1) is 7.11 Å². The number of aromatic carboxylic acids is 1. The van der Waals surface area contributed by atoms with Crippen LogP contribution in [0.3, 0.4) is 0 Å². The van der Waals surface area contributed by atoms with Gasteiger partial charge in [0.15, 0.2) is 0 Å². The fourth-order valence-electron chi connectivity index (χ4n) is 1.22. The van der Waals surface area contributed by atoms with Crippen LogP contribution in [0.1, 0.15) is 10.4 Å². The first-order chi connectivity index (χ1) is 7.33. The molecule has 16 heavy (non-hydrogen) atoms. The quantitative estimate of drug-likeness (QED) is 0.822. The summed E-state index contributed by atoms with van der Waals surface area (Å²) in [6.07, 6.45) is 0. The standard InChI is InChI=1S/C11H16O4Si/c1-14-8-5-6-10(15-16(2,3)4)9(7-8)11(12)13/h5-7H,1-4H3,(H,12,13). The van der Waals surface area contributed by atoms with Crippen molar-refractivity contribution in [3.63, 3.8) is 0 Å². The van der Waals surface area contributed by atoms with Gasteiger partial charge in [-0.25, -0.2) is 4.79 Å². The van der Waals surface area contributed by atoms with Gasteiger partial charge in [-0.15, -0.1) is 0 Å². The van der Waals surface area contributed by atoms with Crippen LogP contribution in [0.5, 0.6) is 11.5 Å². The summed E-state index contributed by atoms with van der Waals surface area (Å²) in [6, 6.07) is 4.81. The second-order valence-electron chi connectivity index (χ2n) is 4.38. The van der Waals surface area contributed by atoms with E-state index >= 15 is 0 Å². The van der Waals surface area contributed by atoms with E-state index in [2.05, 4.69) is 0 Å². The highest BCUT2D eigenvalue weighted by Crippen LogP contribution is 2.26. The van der Waals surface area contributed by atoms with Crippen molar-refractivity contribution in [3.8, 4) is 11.5 Å². The maximum absolute atomic E-state index is 11.1. The monoisotopic (exact) mass is 240 g/mol. The molecule has 0 aliphatic heterocycles. The first kappa shape index (κ1) is 12.6. The molecule has 0 aromatic heterocycles. The van der Waals surface area contributed by atoms with Gasteiger partial charge in [-0.05, 0) is 37.8 Å². The van der Waals surface area contributed by atoms with Gasteiger partial charge >= 0.3 is 5.97 Å². The van der Waals surface area contributed by atoms with Crippen LogP contribution in [0.15, 0.2) is 18.2 Å². The molecule has 0 bridgehead atoms. The van der Waals surface area contributed by atoms with Gasteiger partial charge in [-0.3, -0.25) is 0 Å². The maximum Gasteiger partial charge on any atom is 0.339 e. The molecule has 0 amide bonds. The Morgan fingerprint density at radius 2 is 1.94 bits per heavy atom. The minimum Gasteiger partial charge on any atom is -0.544 e.